The number of anilines is 1. The number of aliphatic carboxylic acids is 4. The normalized spacial score (nSPS) is 19.9. The minimum atomic E-state index is -5.66. The van der Waals surface area contributed by atoms with Crippen LogP contribution in [-0.4, -0.2) is 259 Å². The summed E-state index contributed by atoms with van der Waals surface area (Å²) in [4.78, 5) is 104. The number of hydrogen-bond acceptors (Lipinski definition) is 17. The van der Waals surface area contributed by atoms with Gasteiger partial charge in [-0.1, -0.05) is 3.89 Å². The lowest BCUT2D eigenvalue weighted by atomic mass is 10.1. The van der Waals surface area contributed by atoms with Crippen molar-refractivity contribution < 1.29 is 79.3 Å². The van der Waals surface area contributed by atoms with Crippen LogP contribution in [0.25, 0.3) is 10.9 Å². The van der Waals surface area contributed by atoms with E-state index in [1.54, 1.807) is 36.6 Å². The van der Waals surface area contributed by atoms with Gasteiger partial charge >= 0.3 is 34.4 Å². The average molecular weight is 1030 g/mol. The van der Waals surface area contributed by atoms with E-state index in [4.69, 9.17) is 0 Å². The molecular weight excluding hydrogens is 970 g/mol. The number of fused-ring (bicyclic) bond motifs is 1. The molecule has 0 bridgehead atoms. The number of likely N-dealkylation sites (tertiary alicyclic amines) is 1. The zero-order chi connectivity index (χ0) is 52.0. The first-order valence-corrected chi connectivity index (χ1v) is 24.3. The Morgan fingerprint density at radius 3 is 1.89 bits per heavy atom. The van der Waals surface area contributed by atoms with Crippen molar-refractivity contribution in [3.05, 3.63) is 36.0 Å². The van der Waals surface area contributed by atoms with Crippen molar-refractivity contribution >= 4 is 68.7 Å². The lowest BCUT2D eigenvalue weighted by molar-refractivity contribution is -0.145. The average Bonchev–Trinajstić information content (AvgIpc) is 3.59. The fourth-order valence-corrected chi connectivity index (χ4v) is 9.28. The highest BCUT2D eigenvalue weighted by Crippen LogP contribution is 2.33. The third kappa shape index (κ3) is 17.8. The number of carbonyl (C=O) groups excluding carboxylic acids is 3. The van der Waals surface area contributed by atoms with Gasteiger partial charge in [0.2, 0.25) is 11.8 Å². The topological polar surface area (TPSA) is 295 Å². The molecule has 1 aromatic heterocycles. The van der Waals surface area contributed by atoms with E-state index in [2.05, 4.69) is 19.4 Å². The molecule has 1 aromatic carbocycles. The molecule has 2 unspecified atom stereocenters. The number of hydrogen-bond donors (Lipinski definition) is 5. The number of carboxylic acids is 4. The van der Waals surface area contributed by atoms with Gasteiger partial charge in [-0.25, -0.2) is 13.0 Å². The van der Waals surface area contributed by atoms with Gasteiger partial charge in [0, 0.05) is 116 Å². The molecule has 28 heteroatoms. The van der Waals surface area contributed by atoms with Gasteiger partial charge in [-0.2, -0.15) is 8.42 Å². The van der Waals surface area contributed by atoms with E-state index in [-0.39, 0.29) is 96.3 Å². The van der Waals surface area contributed by atoms with E-state index in [9.17, 15) is 75.1 Å². The second-order valence-electron chi connectivity index (χ2n) is 17.7. The summed E-state index contributed by atoms with van der Waals surface area (Å²) >= 11 is 0. The van der Waals surface area contributed by atoms with E-state index in [0.717, 1.165) is 5.69 Å². The predicted molar refractivity (Wildman–Crippen MR) is 246 cm³/mol. The molecule has 5 rings (SSSR count). The summed E-state index contributed by atoms with van der Waals surface area (Å²) in [6.45, 7) is 1.31. The number of pyridine rings is 1. The van der Waals surface area contributed by atoms with Crippen LogP contribution < -0.4 is 10.2 Å². The number of nitrogens with one attached hydrogen (secondary N) is 1. The minimum absolute atomic E-state index is 0.0428. The summed E-state index contributed by atoms with van der Waals surface area (Å²) in [7, 11) is -3.80. The lowest BCUT2D eigenvalue weighted by Gasteiger charge is -2.36. The largest absolute Gasteiger partial charge is 0.480 e. The fourth-order valence-electron chi connectivity index (χ4n) is 8.85. The number of carboxylic acid groups (broad SMARTS) is 4. The highest BCUT2D eigenvalue weighted by atomic mass is 32.3. The summed E-state index contributed by atoms with van der Waals surface area (Å²) < 4.78 is 67.1. The molecule has 71 heavy (non-hydrogen) atoms. The molecule has 0 radical (unpaired) electrons. The molecule has 3 amide bonds. The Morgan fingerprint density at radius 2 is 1.35 bits per heavy atom. The van der Waals surface area contributed by atoms with Crippen molar-refractivity contribution in [3.63, 3.8) is 0 Å². The van der Waals surface area contributed by atoms with Gasteiger partial charge in [-0.15, -0.1) is 0 Å². The van der Waals surface area contributed by atoms with Crippen LogP contribution in [0.4, 0.5) is 18.4 Å². The van der Waals surface area contributed by atoms with Crippen LogP contribution in [0.5, 0.6) is 0 Å². The number of carbonyl (C=O) groups is 7. The van der Waals surface area contributed by atoms with Gasteiger partial charge < -0.3 is 40.4 Å². The molecule has 0 saturated carbocycles. The number of aromatic nitrogens is 1. The zero-order valence-corrected chi connectivity index (χ0v) is 40.1. The smallest absolute Gasteiger partial charge is 0.439 e. The number of benzene rings is 1. The maximum Gasteiger partial charge on any atom is 0.439 e. The Kier molecular flexibility index (Phi) is 20.2. The molecule has 2 aromatic rings. The van der Waals surface area contributed by atoms with Crippen molar-refractivity contribution in [2.24, 2.45) is 0 Å². The van der Waals surface area contributed by atoms with Gasteiger partial charge in [0.15, 0.2) is 6.23 Å². The first-order valence-electron chi connectivity index (χ1n) is 22.9. The Hall–Kier alpha value is -5.78. The summed E-state index contributed by atoms with van der Waals surface area (Å²) in [5.41, 5.74) is 1.29. The van der Waals surface area contributed by atoms with E-state index < -0.39 is 83.9 Å². The Bertz CT molecular complexity index is 2320. The molecule has 24 nitrogen and oxygen atoms in total. The van der Waals surface area contributed by atoms with Gasteiger partial charge in [-0.3, -0.25) is 63.0 Å². The first kappa shape index (κ1) is 56.1. The van der Waals surface area contributed by atoms with Crippen molar-refractivity contribution in [1.82, 2.24) is 44.6 Å². The molecule has 3 fully saturated rings. The van der Waals surface area contributed by atoms with Gasteiger partial charge in [0.25, 0.3) is 11.8 Å². The van der Waals surface area contributed by atoms with Crippen molar-refractivity contribution in [3.8, 4) is 0 Å². The molecule has 5 N–H and O–H groups in total. The summed E-state index contributed by atoms with van der Waals surface area (Å²) in [5.74, 6) is -10.1. The van der Waals surface area contributed by atoms with Crippen LogP contribution in [0.15, 0.2) is 30.5 Å². The van der Waals surface area contributed by atoms with Gasteiger partial charge in [-0.05, 0) is 43.7 Å². The number of halogens is 3. The van der Waals surface area contributed by atoms with Gasteiger partial charge in [0.1, 0.15) is 6.04 Å². The van der Waals surface area contributed by atoms with E-state index in [1.807, 2.05) is 18.0 Å². The van der Waals surface area contributed by atoms with Crippen LogP contribution >= 0.6 is 0 Å². The Morgan fingerprint density at radius 1 is 0.803 bits per heavy atom. The lowest BCUT2D eigenvalue weighted by Crippen LogP contribution is -2.52. The molecule has 394 valence electrons. The Labute approximate surface area is 407 Å². The minimum Gasteiger partial charge on any atom is -0.480 e. The number of piperazine rings is 1. The van der Waals surface area contributed by atoms with Crippen LogP contribution in [0.2, 0.25) is 0 Å². The molecule has 4 heterocycles. The maximum atomic E-state index is 14.0. The molecule has 3 aliphatic rings. The van der Waals surface area contributed by atoms with Crippen LogP contribution in [0.1, 0.15) is 36.0 Å². The van der Waals surface area contributed by atoms with E-state index in [1.165, 1.54) is 12.3 Å². The first-order chi connectivity index (χ1) is 33.5. The molecule has 0 spiro atoms. The second kappa shape index (κ2) is 25.6. The fraction of sp³-hybridized carbons (Fsp3) is 0.628. The quantitative estimate of drug-likeness (QED) is 0.0944. The van der Waals surface area contributed by atoms with E-state index in [0.29, 0.717) is 61.5 Å². The van der Waals surface area contributed by atoms with Gasteiger partial charge in [0.05, 0.1) is 50.2 Å². The van der Waals surface area contributed by atoms with Crippen LogP contribution in [-0.2, 0) is 43.5 Å². The molecular formula is C43H61F3N10O14S. The van der Waals surface area contributed by atoms with Crippen molar-refractivity contribution in [2.45, 2.75) is 43.9 Å². The highest BCUT2D eigenvalue weighted by molar-refractivity contribution is 7.81. The summed E-state index contributed by atoms with van der Waals surface area (Å²) in [6, 6.07) is 5.52. The third-order valence-corrected chi connectivity index (χ3v) is 13.0. The SMILES string of the molecule is CN(CCCN1CCN(C(=O)CCC(C(=O)O)N2CCN(CC(=O)O)CCN(CC(=O)O)CCN(CC(=O)O)CC2)CC1)c1ccc2nccc(C(=O)NCC(=O)N3CC(F)(F)CC3OS(=O)(=O)F)c2c1. The summed E-state index contributed by atoms with van der Waals surface area (Å²) in [5, 5.41) is 41.6. The number of rotatable bonds is 21. The van der Waals surface area contributed by atoms with Crippen LogP contribution in [0.3, 0.4) is 0 Å². The third-order valence-electron chi connectivity index (χ3n) is 12.6. The van der Waals surface area contributed by atoms with Crippen molar-refractivity contribution in [1.29, 1.82) is 0 Å². The molecule has 3 aliphatic heterocycles. The number of nitrogens with zero attached hydrogens (tertiary/aromatic N) is 9. The van der Waals surface area contributed by atoms with Crippen molar-refractivity contribution in [2.75, 3.05) is 136 Å². The monoisotopic (exact) mass is 1030 g/mol. The predicted octanol–water partition coefficient (Wildman–Crippen LogP) is -0.932. The molecule has 0 aliphatic carbocycles. The maximum absolute atomic E-state index is 14.0. The Balaban J connectivity index is 1.11. The molecule has 3 saturated heterocycles. The number of amides is 3. The highest BCUT2D eigenvalue weighted by Gasteiger charge is 2.49. The van der Waals surface area contributed by atoms with E-state index >= 15 is 0 Å². The standard InChI is InChI=1S/C43H61F3N10O14S/c1-49(30-3-4-33-32(23-30)31(7-8-47-33)41(65)48-25-36(58)56-29-43(44,45)24-37(56)70-71(46,68)69)9-2-10-50-15-21-55(22-16-50)35(57)6-5-34(42(66)67)54-19-17-52(27-39(61)62)13-11-51(26-38(59)60)12-14-53(18-20-54)28-40(63)64/h3-4,7-8,23,34,37H,2,5-6,9-22,24-29H2,1H3,(H,48,65)(H,59,60)(H,61,62)(H,63,64)(H,66,67). The number of alkyl halides is 2. The zero-order valence-electron chi connectivity index (χ0n) is 39.2. The van der Waals surface area contributed by atoms with Crippen LogP contribution in [0, 0.1) is 0 Å². The summed E-state index contributed by atoms with van der Waals surface area (Å²) in [6.07, 6.45) is -1.36. The second-order valence-corrected chi connectivity index (χ2v) is 18.7. The molecule has 2 atom stereocenters.